The van der Waals surface area contributed by atoms with Crippen LogP contribution in [0.1, 0.15) is 74.6 Å². The molecule has 288 valence electrons. The van der Waals surface area contributed by atoms with Crippen molar-refractivity contribution in [3.05, 3.63) is 209 Å². The van der Waals surface area contributed by atoms with Gasteiger partial charge < -0.3 is 14.7 Å². The van der Waals surface area contributed by atoms with Crippen LogP contribution in [-0.4, -0.2) is 6.54 Å². The molecule has 0 radical (unpaired) electrons. The SMILES string of the molecule is CC1(C)c2cc(/C=C/c3ccc(-c4cccc(N5C6=C(C=CCC6)N(c6ccccc6)c6ccccc65)c4)cc3)ccc2-c2ccc(N3CCCC4=C3CCC=C4)cc21. The second-order valence-electron chi connectivity index (χ2n) is 17.1. The number of para-hydroxylation sites is 3. The number of allylic oxidation sites excluding steroid dienone is 7. The van der Waals surface area contributed by atoms with Gasteiger partial charge in [0.15, 0.2) is 0 Å². The molecule has 0 saturated heterocycles. The average molecular weight is 764 g/mol. The van der Waals surface area contributed by atoms with Gasteiger partial charge in [0, 0.05) is 40.4 Å². The van der Waals surface area contributed by atoms with Gasteiger partial charge in [-0.1, -0.05) is 135 Å². The molecule has 0 spiro atoms. The average Bonchev–Trinajstić information content (AvgIpc) is 3.52. The van der Waals surface area contributed by atoms with E-state index < -0.39 is 0 Å². The van der Waals surface area contributed by atoms with Crippen LogP contribution in [0, 0.1) is 0 Å². The highest BCUT2D eigenvalue weighted by atomic mass is 15.3. The van der Waals surface area contributed by atoms with Crippen LogP contribution in [0.25, 0.3) is 34.4 Å². The van der Waals surface area contributed by atoms with Crippen LogP contribution < -0.4 is 14.7 Å². The summed E-state index contributed by atoms with van der Waals surface area (Å²) in [5.41, 5.74) is 22.2. The Morgan fingerprint density at radius 1 is 0.508 bits per heavy atom. The van der Waals surface area contributed by atoms with E-state index in [9.17, 15) is 0 Å². The molecule has 6 aromatic rings. The van der Waals surface area contributed by atoms with Gasteiger partial charge in [-0.05, 0) is 143 Å². The van der Waals surface area contributed by atoms with Crippen molar-refractivity contribution in [1.29, 1.82) is 0 Å². The van der Waals surface area contributed by atoms with Gasteiger partial charge in [-0.15, -0.1) is 0 Å². The minimum Gasteiger partial charge on any atom is -0.345 e. The fourth-order valence-corrected chi connectivity index (χ4v) is 10.2. The van der Waals surface area contributed by atoms with Gasteiger partial charge in [0.1, 0.15) is 0 Å². The minimum absolute atomic E-state index is 0.0660. The van der Waals surface area contributed by atoms with E-state index in [1.54, 1.807) is 0 Å². The van der Waals surface area contributed by atoms with Crippen molar-refractivity contribution in [2.75, 3.05) is 21.2 Å². The normalized spacial score (nSPS) is 17.6. The highest BCUT2D eigenvalue weighted by Crippen LogP contribution is 2.52. The molecule has 0 amide bonds. The molecule has 3 heteroatoms. The Labute approximate surface area is 349 Å². The number of nitrogens with zero attached hydrogens (tertiary/aromatic N) is 3. The first-order chi connectivity index (χ1) is 29.0. The van der Waals surface area contributed by atoms with Crippen LogP contribution in [0.2, 0.25) is 0 Å². The van der Waals surface area contributed by atoms with E-state index in [1.165, 1.54) is 108 Å². The number of fused-ring (bicyclic) bond motifs is 4. The summed E-state index contributed by atoms with van der Waals surface area (Å²) in [6.07, 6.45) is 20.6. The van der Waals surface area contributed by atoms with Gasteiger partial charge in [-0.3, -0.25) is 0 Å². The summed E-state index contributed by atoms with van der Waals surface area (Å²) in [5, 5.41) is 0. The van der Waals surface area contributed by atoms with Crippen LogP contribution in [-0.2, 0) is 5.41 Å². The molecule has 0 fully saturated rings. The van der Waals surface area contributed by atoms with Crippen molar-refractivity contribution in [1.82, 2.24) is 0 Å². The second kappa shape index (κ2) is 14.4. The largest absolute Gasteiger partial charge is 0.345 e. The van der Waals surface area contributed by atoms with Crippen molar-refractivity contribution in [2.24, 2.45) is 0 Å². The lowest BCUT2D eigenvalue weighted by molar-refractivity contribution is 0.657. The highest BCUT2D eigenvalue weighted by molar-refractivity contribution is 5.91. The van der Waals surface area contributed by atoms with Crippen LogP contribution in [0.4, 0.5) is 28.4 Å². The Kier molecular flexibility index (Phi) is 8.66. The molecule has 2 heterocycles. The Bertz CT molecular complexity index is 2780. The second-order valence-corrected chi connectivity index (χ2v) is 17.1. The Morgan fingerprint density at radius 2 is 1.19 bits per heavy atom. The monoisotopic (exact) mass is 763 g/mol. The van der Waals surface area contributed by atoms with Crippen LogP contribution in [0.3, 0.4) is 0 Å². The standard InChI is InChI=1S/C56H49N3/c1-56(2)49-36-40(29-33-47(49)48-34-32-45(38-50(48)56)57-35-13-16-42-14-6-7-20-51(42)57)26-25-39-27-30-41(31-28-39)43-15-12-19-46(37-43)59-54-23-10-8-21-52(54)58(44-17-4-3-5-18-44)53-22-9-11-24-55(53)59/h3-6,8-10,12,14-15,17-19,21-23,25-34,36-38H,7,11,13,16,20,24,35H2,1-2H3/b26-25+. The first-order valence-electron chi connectivity index (χ1n) is 21.5. The topological polar surface area (TPSA) is 9.72 Å². The summed E-state index contributed by atoms with van der Waals surface area (Å²) in [5.74, 6) is 0. The zero-order valence-electron chi connectivity index (χ0n) is 34.0. The third-order valence-corrected chi connectivity index (χ3v) is 13.2. The van der Waals surface area contributed by atoms with Crippen molar-refractivity contribution in [2.45, 2.75) is 57.8 Å². The predicted molar refractivity (Wildman–Crippen MR) is 249 cm³/mol. The molecule has 6 aromatic carbocycles. The van der Waals surface area contributed by atoms with Crippen LogP contribution >= 0.6 is 0 Å². The Balaban J connectivity index is 0.848. The summed E-state index contributed by atoms with van der Waals surface area (Å²) >= 11 is 0. The molecule has 0 unspecified atom stereocenters. The molecule has 2 aliphatic heterocycles. The predicted octanol–water partition coefficient (Wildman–Crippen LogP) is 14.9. The summed E-state index contributed by atoms with van der Waals surface area (Å²) < 4.78 is 0. The van der Waals surface area contributed by atoms with Gasteiger partial charge in [0.25, 0.3) is 0 Å². The molecule has 11 rings (SSSR count). The fourth-order valence-electron chi connectivity index (χ4n) is 10.2. The van der Waals surface area contributed by atoms with Crippen molar-refractivity contribution >= 4 is 40.6 Å². The molecule has 3 nitrogen and oxygen atoms in total. The molecule has 59 heavy (non-hydrogen) atoms. The maximum absolute atomic E-state index is 2.60. The van der Waals surface area contributed by atoms with Crippen molar-refractivity contribution in [3.8, 4) is 22.3 Å². The van der Waals surface area contributed by atoms with E-state index in [-0.39, 0.29) is 5.41 Å². The molecule has 3 aliphatic carbocycles. The van der Waals surface area contributed by atoms with Crippen molar-refractivity contribution < 1.29 is 0 Å². The first-order valence-corrected chi connectivity index (χ1v) is 21.5. The van der Waals surface area contributed by atoms with Gasteiger partial charge in [0.05, 0.1) is 17.1 Å². The molecule has 5 aliphatic rings. The maximum atomic E-state index is 2.60. The molecule has 0 saturated carbocycles. The summed E-state index contributed by atoms with van der Waals surface area (Å²) in [6.45, 7) is 5.91. The molecule has 0 aromatic heterocycles. The van der Waals surface area contributed by atoms with Crippen LogP contribution in [0.5, 0.6) is 0 Å². The quantitative estimate of drug-likeness (QED) is 0.156. The number of hydrogen-bond acceptors (Lipinski definition) is 3. The Hall–Kier alpha value is -6.58. The van der Waals surface area contributed by atoms with Gasteiger partial charge in [-0.2, -0.15) is 0 Å². The fraction of sp³-hybridized carbons (Fsp3) is 0.179. The lowest BCUT2D eigenvalue weighted by atomic mass is 9.81. The van der Waals surface area contributed by atoms with Crippen LogP contribution in [0.15, 0.2) is 186 Å². The third-order valence-electron chi connectivity index (χ3n) is 13.2. The van der Waals surface area contributed by atoms with Gasteiger partial charge >= 0.3 is 0 Å². The lowest BCUT2D eigenvalue weighted by Crippen LogP contribution is -2.32. The highest BCUT2D eigenvalue weighted by Gasteiger charge is 2.37. The molecule has 0 N–H and O–H groups in total. The minimum atomic E-state index is -0.0660. The van der Waals surface area contributed by atoms with E-state index >= 15 is 0 Å². The van der Waals surface area contributed by atoms with E-state index in [1.807, 2.05) is 0 Å². The zero-order valence-corrected chi connectivity index (χ0v) is 34.0. The molecular formula is C56H49N3. The smallest absolute Gasteiger partial charge is 0.0703 e. The van der Waals surface area contributed by atoms with E-state index in [0.717, 1.165) is 32.2 Å². The third kappa shape index (κ3) is 6.11. The van der Waals surface area contributed by atoms with Gasteiger partial charge in [-0.25, -0.2) is 0 Å². The number of benzene rings is 6. The zero-order chi connectivity index (χ0) is 39.5. The summed E-state index contributed by atoms with van der Waals surface area (Å²) in [6, 6.07) is 51.9. The summed E-state index contributed by atoms with van der Waals surface area (Å²) in [4.78, 5) is 7.51. The summed E-state index contributed by atoms with van der Waals surface area (Å²) in [7, 11) is 0. The van der Waals surface area contributed by atoms with E-state index in [2.05, 4.69) is 205 Å². The number of hydrogen-bond donors (Lipinski definition) is 0. The van der Waals surface area contributed by atoms with E-state index in [4.69, 9.17) is 0 Å². The molecular weight excluding hydrogens is 715 g/mol. The Morgan fingerprint density at radius 3 is 2.02 bits per heavy atom. The lowest BCUT2D eigenvalue weighted by Gasteiger charge is -2.42. The first kappa shape index (κ1) is 35.6. The van der Waals surface area contributed by atoms with Gasteiger partial charge in [0.2, 0.25) is 0 Å². The maximum Gasteiger partial charge on any atom is 0.0703 e. The number of anilines is 5. The number of rotatable bonds is 6. The van der Waals surface area contributed by atoms with E-state index in [0.29, 0.717) is 0 Å². The van der Waals surface area contributed by atoms with Crippen molar-refractivity contribution in [3.63, 3.8) is 0 Å². The molecule has 0 atom stereocenters. The molecule has 0 bridgehead atoms.